The van der Waals surface area contributed by atoms with Crippen LogP contribution in [0.4, 0.5) is 0 Å². The SMILES string of the molecule is CC1=C(c2cccc(-c3cccnc3)c2)C[C@](C)(I)C=C1. The summed E-state index contributed by atoms with van der Waals surface area (Å²) in [5.41, 5.74) is 6.53. The van der Waals surface area contributed by atoms with E-state index in [0.717, 1.165) is 6.42 Å². The summed E-state index contributed by atoms with van der Waals surface area (Å²) in [5, 5.41) is 0. The lowest BCUT2D eigenvalue weighted by atomic mass is 9.86. The van der Waals surface area contributed by atoms with Crippen LogP contribution in [0.1, 0.15) is 25.8 Å². The highest BCUT2D eigenvalue weighted by Crippen LogP contribution is 2.39. The van der Waals surface area contributed by atoms with Gasteiger partial charge >= 0.3 is 0 Å². The molecule has 1 aliphatic rings. The second-order valence-electron chi connectivity index (χ2n) is 5.77. The molecule has 0 unspecified atom stereocenters. The van der Waals surface area contributed by atoms with Crippen LogP contribution in [0.5, 0.6) is 0 Å². The lowest BCUT2D eigenvalue weighted by Crippen LogP contribution is -2.15. The summed E-state index contributed by atoms with van der Waals surface area (Å²) in [6, 6.07) is 12.9. The molecule has 0 N–H and O–H groups in total. The molecule has 1 aromatic heterocycles. The fourth-order valence-corrected chi connectivity index (χ4v) is 3.25. The van der Waals surface area contributed by atoms with E-state index in [1.54, 1.807) is 0 Å². The standard InChI is InChI=1S/C19H18IN/c1-14-8-9-19(2,20)12-18(14)16-6-3-5-15(11-16)17-7-4-10-21-13-17/h3-11,13H,12H2,1-2H3/t19-/m1/s1. The molecule has 0 saturated heterocycles. The summed E-state index contributed by atoms with van der Waals surface area (Å²) in [6.07, 6.45) is 9.36. The van der Waals surface area contributed by atoms with E-state index in [-0.39, 0.29) is 3.42 Å². The molecule has 1 heterocycles. The van der Waals surface area contributed by atoms with Crippen LogP contribution in [0.15, 0.2) is 66.5 Å². The highest BCUT2D eigenvalue weighted by atomic mass is 127. The van der Waals surface area contributed by atoms with Gasteiger partial charge in [0.2, 0.25) is 0 Å². The Labute approximate surface area is 140 Å². The Morgan fingerprint density at radius 2 is 1.86 bits per heavy atom. The topological polar surface area (TPSA) is 12.9 Å². The molecule has 1 aliphatic carbocycles. The Bertz CT molecular complexity index is 711. The minimum absolute atomic E-state index is 0.205. The van der Waals surface area contributed by atoms with Gasteiger partial charge in [0.1, 0.15) is 0 Å². The van der Waals surface area contributed by atoms with E-state index in [9.17, 15) is 0 Å². The normalized spacial score (nSPS) is 21.7. The molecule has 3 rings (SSSR count). The second-order valence-corrected chi connectivity index (χ2v) is 8.24. The van der Waals surface area contributed by atoms with Gasteiger partial charge in [-0.25, -0.2) is 0 Å². The maximum Gasteiger partial charge on any atom is 0.0416 e. The van der Waals surface area contributed by atoms with Crippen molar-refractivity contribution in [2.24, 2.45) is 0 Å². The van der Waals surface area contributed by atoms with Crippen molar-refractivity contribution in [2.75, 3.05) is 0 Å². The molecule has 1 nitrogen and oxygen atoms in total. The zero-order valence-electron chi connectivity index (χ0n) is 12.3. The number of aromatic nitrogens is 1. The van der Waals surface area contributed by atoms with E-state index in [4.69, 9.17) is 0 Å². The van der Waals surface area contributed by atoms with Gasteiger partial charge in [-0.2, -0.15) is 0 Å². The first kappa shape index (κ1) is 14.5. The number of pyridine rings is 1. The summed E-state index contributed by atoms with van der Waals surface area (Å²) in [7, 11) is 0. The van der Waals surface area contributed by atoms with Crippen molar-refractivity contribution in [1.29, 1.82) is 0 Å². The highest BCUT2D eigenvalue weighted by molar-refractivity contribution is 14.1. The van der Waals surface area contributed by atoms with Crippen molar-refractivity contribution in [3.63, 3.8) is 0 Å². The van der Waals surface area contributed by atoms with Crippen molar-refractivity contribution < 1.29 is 0 Å². The van der Waals surface area contributed by atoms with E-state index in [0.29, 0.717) is 0 Å². The molecule has 21 heavy (non-hydrogen) atoms. The summed E-state index contributed by atoms with van der Waals surface area (Å²) >= 11 is 2.53. The molecule has 0 radical (unpaired) electrons. The molecule has 0 aliphatic heterocycles. The summed E-state index contributed by atoms with van der Waals surface area (Å²) in [6.45, 7) is 4.48. The molecule has 2 heteroatoms. The minimum Gasteiger partial charge on any atom is -0.264 e. The third-order valence-corrected chi connectivity index (χ3v) is 4.63. The fourth-order valence-electron chi connectivity index (χ4n) is 2.69. The van der Waals surface area contributed by atoms with Crippen LogP contribution in [0.2, 0.25) is 0 Å². The maximum absolute atomic E-state index is 4.22. The number of allylic oxidation sites excluding steroid dienone is 4. The van der Waals surface area contributed by atoms with Crippen LogP contribution in [-0.2, 0) is 0 Å². The third kappa shape index (κ3) is 3.26. The van der Waals surface area contributed by atoms with Gasteiger partial charge in [0.15, 0.2) is 0 Å². The molecule has 0 spiro atoms. The molecule has 0 saturated carbocycles. The van der Waals surface area contributed by atoms with Gasteiger partial charge in [-0.3, -0.25) is 4.98 Å². The number of halogens is 1. The van der Waals surface area contributed by atoms with E-state index < -0.39 is 0 Å². The smallest absolute Gasteiger partial charge is 0.0416 e. The van der Waals surface area contributed by atoms with Crippen LogP contribution in [-0.4, -0.2) is 8.41 Å². The van der Waals surface area contributed by atoms with Crippen molar-refractivity contribution in [3.05, 3.63) is 72.1 Å². The predicted molar refractivity (Wildman–Crippen MR) is 98.4 cm³/mol. The average molecular weight is 387 g/mol. The number of benzene rings is 1. The first-order valence-corrected chi connectivity index (χ1v) is 8.22. The molecule has 0 fully saturated rings. The molecule has 2 aromatic rings. The van der Waals surface area contributed by atoms with Gasteiger partial charge in [0.05, 0.1) is 0 Å². The Hall–Kier alpha value is -1.42. The average Bonchev–Trinajstić information content (AvgIpc) is 2.51. The quantitative estimate of drug-likeness (QED) is 0.478. The van der Waals surface area contributed by atoms with Crippen molar-refractivity contribution in [1.82, 2.24) is 4.98 Å². The first-order chi connectivity index (χ1) is 10.1. The number of alkyl halides is 1. The van der Waals surface area contributed by atoms with E-state index in [1.807, 2.05) is 18.5 Å². The largest absolute Gasteiger partial charge is 0.264 e. The van der Waals surface area contributed by atoms with E-state index in [1.165, 1.54) is 27.8 Å². The molecular formula is C19H18IN. The number of nitrogens with zero attached hydrogens (tertiary/aromatic N) is 1. The number of rotatable bonds is 2. The highest BCUT2D eigenvalue weighted by Gasteiger charge is 2.23. The fraction of sp³-hybridized carbons (Fsp3) is 0.211. The van der Waals surface area contributed by atoms with Crippen LogP contribution >= 0.6 is 22.6 Å². The third-order valence-electron chi connectivity index (χ3n) is 3.89. The molecule has 0 bridgehead atoms. The number of hydrogen-bond donors (Lipinski definition) is 0. The summed E-state index contributed by atoms with van der Waals surface area (Å²) in [5.74, 6) is 0. The molecular weight excluding hydrogens is 369 g/mol. The van der Waals surface area contributed by atoms with Gasteiger partial charge in [0, 0.05) is 21.4 Å². The van der Waals surface area contributed by atoms with Crippen molar-refractivity contribution >= 4 is 28.2 Å². The Morgan fingerprint density at radius 1 is 1.10 bits per heavy atom. The molecule has 106 valence electrons. The zero-order chi connectivity index (χ0) is 14.9. The van der Waals surface area contributed by atoms with E-state index in [2.05, 4.69) is 83.9 Å². The Balaban J connectivity index is 2.03. The van der Waals surface area contributed by atoms with Crippen LogP contribution in [0.3, 0.4) is 0 Å². The second kappa shape index (κ2) is 5.76. The summed E-state index contributed by atoms with van der Waals surface area (Å²) < 4.78 is 0.205. The summed E-state index contributed by atoms with van der Waals surface area (Å²) in [4.78, 5) is 4.22. The van der Waals surface area contributed by atoms with Crippen molar-refractivity contribution in [2.45, 2.75) is 23.7 Å². The van der Waals surface area contributed by atoms with Gasteiger partial charge in [-0.1, -0.05) is 59.0 Å². The molecule has 1 aromatic carbocycles. The van der Waals surface area contributed by atoms with Gasteiger partial charge in [-0.15, -0.1) is 0 Å². The monoisotopic (exact) mass is 387 g/mol. The van der Waals surface area contributed by atoms with Gasteiger partial charge in [0.25, 0.3) is 0 Å². The lowest BCUT2D eigenvalue weighted by Gasteiger charge is -2.26. The lowest BCUT2D eigenvalue weighted by molar-refractivity contribution is 0.842. The van der Waals surface area contributed by atoms with Gasteiger partial charge < -0.3 is 0 Å². The van der Waals surface area contributed by atoms with Crippen LogP contribution < -0.4 is 0 Å². The van der Waals surface area contributed by atoms with Crippen molar-refractivity contribution in [3.8, 4) is 11.1 Å². The van der Waals surface area contributed by atoms with Crippen LogP contribution in [0, 0.1) is 0 Å². The van der Waals surface area contributed by atoms with E-state index >= 15 is 0 Å². The molecule has 0 amide bonds. The maximum atomic E-state index is 4.22. The number of hydrogen-bond acceptors (Lipinski definition) is 1. The minimum atomic E-state index is 0.205. The zero-order valence-corrected chi connectivity index (χ0v) is 14.5. The van der Waals surface area contributed by atoms with Crippen LogP contribution in [0.25, 0.3) is 16.7 Å². The Kier molecular flexibility index (Phi) is 3.98. The predicted octanol–water partition coefficient (Wildman–Crippen LogP) is 5.68. The Morgan fingerprint density at radius 3 is 2.62 bits per heavy atom. The first-order valence-electron chi connectivity index (χ1n) is 7.14. The van der Waals surface area contributed by atoms with Gasteiger partial charge in [-0.05, 0) is 54.7 Å². The molecule has 1 atom stereocenters.